The summed E-state index contributed by atoms with van der Waals surface area (Å²) in [6.45, 7) is 0.899. The fourth-order valence-electron chi connectivity index (χ4n) is 6.90. The average Bonchev–Trinajstić information content (AvgIpc) is 3.32. The summed E-state index contributed by atoms with van der Waals surface area (Å²) in [5, 5.41) is 5.49. The standard InChI is InChI=1S/C34H33ClN6O5S/c1-37(26-12-16-38(17-13-26)27-10-14-36-15-11-27)41-28(21-40-33(43)30-4-2-3-5-31(30)34(40)44)20-39(22-32(41)42)47(45,46)29-9-7-23-18-25(35)8-6-24(23)19-29/h2-11,14-15,18-19,26,28H,12-13,16-17,20-22H2,1H3. The Bertz CT molecular complexity index is 1950. The van der Waals surface area contributed by atoms with Gasteiger partial charge < -0.3 is 4.90 Å². The van der Waals surface area contributed by atoms with Crippen LogP contribution in [0.5, 0.6) is 0 Å². The quantitative estimate of drug-likeness (QED) is 0.272. The molecule has 2 saturated heterocycles. The first-order valence-electron chi connectivity index (χ1n) is 15.5. The average molecular weight is 673 g/mol. The first-order chi connectivity index (χ1) is 22.6. The molecule has 1 unspecified atom stereocenters. The van der Waals surface area contributed by atoms with E-state index in [2.05, 4.69) is 9.88 Å². The van der Waals surface area contributed by atoms with Crippen LogP contribution in [-0.4, -0.2) is 102 Å². The number of aromatic nitrogens is 1. The molecular weight excluding hydrogens is 640 g/mol. The fourth-order valence-corrected chi connectivity index (χ4v) is 8.55. The van der Waals surface area contributed by atoms with Crippen molar-refractivity contribution in [2.24, 2.45) is 0 Å². The van der Waals surface area contributed by atoms with Crippen molar-refractivity contribution in [3.8, 4) is 0 Å². The molecule has 47 heavy (non-hydrogen) atoms. The van der Waals surface area contributed by atoms with Gasteiger partial charge in [0.25, 0.3) is 17.7 Å². The highest BCUT2D eigenvalue weighted by molar-refractivity contribution is 7.89. The van der Waals surface area contributed by atoms with E-state index in [1.165, 1.54) is 6.07 Å². The molecule has 11 nitrogen and oxygen atoms in total. The Labute approximate surface area is 277 Å². The minimum absolute atomic E-state index is 0.0165. The number of anilines is 1. The highest BCUT2D eigenvalue weighted by atomic mass is 35.5. The summed E-state index contributed by atoms with van der Waals surface area (Å²) < 4.78 is 29.2. The third kappa shape index (κ3) is 5.75. The third-order valence-corrected chi connectivity index (χ3v) is 11.4. The predicted octanol–water partition coefficient (Wildman–Crippen LogP) is 3.90. The zero-order chi connectivity index (χ0) is 32.9. The van der Waals surface area contributed by atoms with Crippen LogP contribution in [0.15, 0.2) is 90.1 Å². The molecule has 0 saturated carbocycles. The molecule has 0 aliphatic carbocycles. The van der Waals surface area contributed by atoms with E-state index < -0.39 is 33.8 Å². The highest BCUT2D eigenvalue weighted by Crippen LogP contribution is 2.30. The van der Waals surface area contributed by atoms with Gasteiger partial charge in [0.2, 0.25) is 10.0 Å². The van der Waals surface area contributed by atoms with Crippen LogP contribution in [0, 0.1) is 0 Å². The summed E-state index contributed by atoms with van der Waals surface area (Å²) in [4.78, 5) is 48.4. The second-order valence-electron chi connectivity index (χ2n) is 12.1. The van der Waals surface area contributed by atoms with Crippen molar-refractivity contribution < 1.29 is 22.8 Å². The zero-order valence-electron chi connectivity index (χ0n) is 25.7. The van der Waals surface area contributed by atoms with E-state index in [4.69, 9.17) is 11.6 Å². The van der Waals surface area contributed by atoms with Gasteiger partial charge in [-0.2, -0.15) is 4.31 Å². The molecule has 13 heteroatoms. The number of sulfonamides is 1. The number of nitrogens with zero attached hydrogens (tertiary/aromatic N) is 6. The monoisotopic (exact) mass is 672 g/mol. The molecule has 4 heterocycles. The van der Waals surface area contributed by atoms with Gasteiger partial charge in [0.05, 0.1) is 35.2 Å². The van der Waals surface area contributed by atoms with Gasteiger partial charge in [-0.05, 0) is 72.1 Å². The van der Waals surface area contributed by atoms with Crippen molar-refractivity contribution in [2.75, 3.05) is 44.7 Å². The Hall–Kier alpha value is -4.36. The van der Waals surface area contributed by atoms with E-state index in [0.717, 1.165) is 46.2 Å². The van der Waals surface area contributed by atoms with Gasteiger partial charge in [-0.1, -0.05) is 35.9 Å². The smallest absolute Gasteiger partial charge is 0.261 e. The van der Waals surface area contributed by atoms with E-state index in [1.807, 2.05) is 24.2 Å². The summed E-state index contributed by atoms with van der Waals surface area (Å²) in [5.74, 6) is -1.34. The van der Waals surface area contributed by atoms with Crippen LogP contribution in [0.4, 0.5) is 5.69 Å². The molecule has 3 aliphatic heterocycles. The molecule has 7 rings (SSSR count). The van der Waals surface area contributed by atoms with E-state index in [9.17, 15) is 22.8 Å². The van der Waals surface area contributed by atoms with Crippen molar-refractivity contribution in [1.29, 1.82) is 0 Å². The number of amides is 3. The number of pyridine rings is 1. The van der Waals surface area contributed by atoms with Gasteiger partial charge in [0.1, 0.15) is 0 Å². The van der Waals surface area contributed by atoms with Gasteiger partial charge in [0.15, 0.2) is 0 Å². The Morgan fingerprint density at radius 2 is 1.51 bits per heavy atom. The van der Waals surface area contributed by atoms with E-state index in [1.54, 1.807) is 72.0 Å². The summed E-state index contributed by atoms with van der Waals surface area (Å²) in [5.41, 5.74) is 1.67. The number of fused-ring (bicyclic) bond motifs is 2. The maximum atomic E-state index is 14.0. The first-order valence-corrected chi connectivity index (χ1v) is 17.3. The summed E-state index contributed by atoms with van der Waals surface area (Å²) >= 11 is 6.12. The van der Waals surface area contributed by atoms with Crippen LogP contribution in [0.3, 0.4) is 0 Å². The van der Waals surface area contributed by atoms with Gasteiger partial charge >= 0.3 is 0 Å². The lowest BCUT2D eigenvalue weighted by Crippen LogP contribution is -2.67. The molecule has 3 aliphatic rings. The molecule has 0 bridgehead atoms. The number of rotatable bonds is 7. The lowest BCUT2D eigenvalue weighted by atomic mass is 10.0. The Morgan fingerprint density at radius 1 is 0.872 bits per heavy atom. The largest absolute Gasteiger partial charge is 0.371 e. The number of benzene rings is 3. The number of hydrogen-bond donors (Lipinski definition) is 0. The number of halogens is 1. The lowest BCUT2D eigenvalue weighted by Gasteiger charge is -2.49. The maximum absolute atomic E-state index is 14.0. The Kier molecular flexibility index (Phi) is 8.21. The molecule has 2 fully saturated rings. The Morgan fingerprint density at radius 3 is 2.19 bits per heavy atom. The van der Waals surface area contributed by atoms with Crippen LogP contribution in [0.25, 0.3) is 10.8 Å². The third-order valence-electron chi connectivity index (χ3n) is 9.37. The number of carbonyl (C=O) groups is 3. The van der Waals surface area contributed by atoms with Crippen molar-refractivity contribution in [2.45, 2.75) is 29.8 Å². The number of piperidine rings is 1. The molecule has 1 aromatic heterocycles. The van der Waals surface area contributed by atoms with Gasteiger partial charge in [0, 0.05) is 55.8 Å². The van der Waals surface area contributed by atoms with E-state index in [0.29, 0.717) is 21.5 Å². The lowest BCUT2D eigenvalue weighted by molar-refractivity contribution is -0.165. The number of hydrogen-bond acceptors (Lipinski definition) is 8. The SMILES string of the molecule is CN(C1CCN(c2ccncc2)CC1)N1C(=O)CN(S(=O)(=O)c2ccc3cc(Cl)ccc3c2)CC1CN1C(=O)c2ccccc2C1=O. The Balaban J connectivity index is 1.17. The van der Waals surface area contributed by atoms with Gasteiger partial charge in [-0.3, -0.25) is 29.3 Å². The highest BCUT2D eigenvalue weighted by Gasteiger charge is 2.45. The molecule has 0 spiro atoms. The maximum Gasteiger partial charge on any atom is 0.261 e. The number of carbonyl (C=O) groups excluding carboxylic acids is 3. The summed E-state index contributed by atoms with van der Waals surface area (Å²) in [6, 6.07) is 19.7. The van der Waals surface area contributed by atoms with E-state index in [-0.39, 0.29) is 30.6 Å². The molecular formula is C34H33ClN6O5S. The topological polar surface area (TPSA) is 114 Å². The van der Waals surface area contributed by atoms with Crippen LogP contribution in [0.1, 0.15) is 33.6 Å². The van der Waals surface area contributed by atoms with Crippen molar-refractivity contribution in [1.82, 2.24) is 24.2 Å². The molecule has 4 aromatic rings. The molecule has 0 N–H and O–H groups in total. The second kappa shape index (κ2) is 12.3. The van der Waals surface area contributed by atoms with Gasteiger partial charge in [-0.15, -0.1) is 0 Å². The number of hydrazine groups is 1. The van der Waals surface area contributed by atoms with Crippen LogP contribution >= 0.6 is 11.6 Å². The van der Waals surface area contributed by atoms with Crippen molar-refractivity contribution >= 4 is 55.8 Å². The minimum atomic E-state index is -4.12. The molecule has 3 aromatic carbocycles. The molecule has 3 amide bonds. The van der Waals surface area contributed by atoms with Crippen LogP contribution in [0.2, 0.25) is 5.02 Å². The number of imide groups is 1. The predicted molar refractivity (Wildman–Crippen MR) is 177 cm³/mol. The molecule has 242 valence electrons. The fraction of sp³-hybridized carbons (Fsp3) is 0.294. The van der Waals surface area contributed by atoms with Crippen molar-refractivity contribution in [3.63, 3.8) is 0 Å². The molecule has 0 radical (unpaired) electrons. The molecule has 1 atom stereocenters. The summed E-state index contributed by atoms with van der Waals surface area (Å²) in [7, 11) is -2.29. The minimum Gasteiger partial charge on any atom is -0.371 e. The second-order valence-corrected chi connectivity index (χ2v) is 14.5. The summed E-state index contributed by atoms with van der Waals surface area (Å²) in [6.07, 6.45) is 5.03. The zero-order valence-corrected chi connectivity index (χ0v) is 27.3. The van der Waals surface area contributed by atoms with Crippen LogP contribution in [-0.2, 0) is 14.8 Å². The van der Waals surface area contributed by atoms with Crippen LogP contribution < -0.4 is 4.90 Å². The normalized spacial score (nSPS) is 19.7. The van der Waals surface area contributed by atoms with Crippen molar-refractivity contribution in [3.05, 3.63) is 101 Å². The van der Waals surface area contributed by atoms with Gasteiger partial charge in [-0.25, -0.2) is 13.4 Å². The number of piperazine rings is 1. The first kappa shape index (κ1) is 31.3. The van der Waals surface area contributed by atoms with E-state index >= 15 is 0 Å².